The van der Waals surface area contributed by atoms with Gasteiger partial charge in [-0.05, 0) is 71.4 Å². The van der Waals surface area contributed by atoms with Crippen LogP contribution in [0.5, 0.6) is 0 Å². The quantitative estimate of drug-likeness (QED) is 0.487. The molecule has 0 bridgehead atoms. The van der Waals surface area contributed by atoms with E-state index in [0.717, 1.165) is 49.8 Å². The molecule has 6 nitrogen and oxygen atoms in total. The molecule has 174 valence electrons. The van der Waals surface area contributed by atoms with Crippen molar-refractivity contribution in [1.82, 2.24) is 10.5 Å². The fourth-order valence-electron chi connectivity index (χ4n) is 4.10. The lowest BCUT2D eigenvalue weighted by Gasteiger charge is -2.30. The average molecular weight is 481 g/mol. The van der Waals surface area contributed by atoms with E-state index in [9.17, 15) is 4.79 Å². The molecule has 32 heavy (non-hydrogen) atoms. The highest BCUT2D eigenvalue weighted by Crippen LogP contribution is 2.46. The lowest BCUT2D eigenvalue weighted by Crippen LogP contribution is -2.41. The molecule has 0 aliphatic heterocycles. The number of aromatic nitrogens is 1. The first-order chi connectivity index (χ1) is 15.2. The third-order valence-corrected chi connectivity index (χ3v) is 6.45. The number of hydrogen-bond donors (Lipinski definition) is 1. The van der Waals surface area contributed by atoms with Crippen molar-refractivity contribution in [3.63, 3.8) is 0 Å². The van der Waals surface area contributed by atoms with Crippen LogP contribution in [-0.4, -0.2) is 29.0 Å². The third kappa shape index (κ3) is 5.77. The van der Waals surface area contributed by atoms with Crippen molar-refractivity contribution in [2.75, 3.05) is 0 Å². The Morgan fingerprint density at radius 3 is 2.38 bits per heavy atom. The van der Waals surface area contributed by atoms with Gasteiger partial charge in [-0.2, -0.15) is 0 Å². The van der Waals surface area contributed by atoms with Gasteiger partial charge in [-0.1, -0.05) is 34.4 Å². The fourth-order valence-corrected chi connectivity index (χ4v) is 4.67. The normalized spacial score (nSPS) is 21.4. The lowest BCUT2D eigenvalue weighted by molar-refractivity contribution is 0.00795. The van der Waals surface area contributed by atoms with Gasteiger partial charge in [-0.15, -0.1) is 0 Å². The molecule has 0 saturated heterocycles. The summed E-state index contributed by atoms with van der Waals surface area (Å²) in [5, 5.41) is 8.38. The first-order valence-corrected chi connectivity index (χ1v) is 12.0. The van der Waals surface area contributed by atoms with E-state index in [2.05, 4.69) is 10.5 Å². The number of benzene rings is 1. The molecule has 0 spiro atoms. The molecular formula is C24H30Cl2N2O4. The fraction of sp³-hybridized carbons (Fsp3) is 0.583. The van der Waals surface area contributed by atoms with Crippen LogP contribution in [0.1, 0.15) is 76.5 Å². The van der Waals surface area contributed by atoms with Gasteiger partial charge < -0.3 is 19.3 Å². The first kappa shape index (κ1) is 23.4. The molecule has 2 saturated carbocycles. The van der Waals surface area contributed by atoms with Gasteiger partial charge in [0.2, 0.25) is 0 Å². The van der Waals surface area contributed by atoms with Crippen molar-refractivity contribution >= 4 is 29.3 Å². The summed E-state index contributed by atoms with van der Waals surface area (Å²) < 4.78 is 17.4. The van der Waals surface area contributed by atoms with E-state index in [4.69, 9.17) is 37.2 Å². The van der Waals surface area contributed by atoms with Crippen molar-refractivity contribution in [2.45, 2.75) is 89.6 Å². The van der Waals surface area contributed by atoms with Crippen LogP contribution in [0.2, 0.25) is 10.0 Å². The van der Waals surface area contributed by atoms with Gasteiger partial charge in [0.05, 0.1) is 22.8 Å². The summed E-state index contributed by atoms with van der Waals surface area (Å²) in [6.07, 6.45) is 5.39. The highest BCUT2D eigenvalue weighted by molar-refractivity contribution is 6.39. The van der Waals surface area contributed by atoms with E-state index in [1.165, 1.54) is 0 Å². The largest absolute Gasteiger partial charge is 0.444 e. The summed E-state index contributed by atoms with van der Waals surface area (Å²) in [6, 6.07) is 5.53. The Bertz CT molecular complexity index is 937. The molecule has 4 rings (SSSR count). The van der Waals surface area contributed by atoms with E-state index >= 15 is 0 Å². The van der Waals surface area contributed by atoms with Gasteiger partial charge in [-0.25, -0.2) is 4.79 Å². The SMILES string of the molecule is CC(C)(C)OC(=O)N[C@H]1CC[C@@H](OCc2c(-c3c(Cl)cccc3Cl)noc2C2CC2)CC1. The summed E-state index contributed by atoms with van der Waals surface area (Å²) in [5.41, 5.74) is 1.81. The lowest BCUT2D eigenvalue weighted by atomic mass is 9.93. The molecule has 2 aliphatic carbocycles. The van der Waals surface area contributed by atoms with Gasteiger partial charge in [0.1, 0.15) is 17.1 Å². The van der Waals surface area contributed by atoms with Gasteiger partial charge >= 0.3 is 6.09 Å². The molecule has 1 aromatic carbocycles. The zero-order valence-electron chi connectivity index (χ0n) is 18.7. The molecule has 0 unspecified atom stereocenters. The molecule has 0 atom stereocenters. The van der Waals surface area contributed by atoms with E-state index < -0.39 is 5.60 Å². The number of carbonyl (C=O) groups is 1. The van der Waals surface area contributed by atoms with Crippen LogP contribution in [0.4, 0.5) is 4.79 Å². The number of rotatable bonds is 6. The number of nitrogens with one attached hydrogen (secondary N) is 1. The summed E-state index contributed by atoms with van der Waals surface area (Å²) in [6.45, 7) is 5.99. The molecule has 1 heterocycles. The van der Waals surface area contributed by atoms with Crippen molar-refractivity contribution in [1.29, 1.82) is 0 Å². The van der Waals surface area contributed by atoms with E-state index in [1.807, 2.05) is 26.8 Å². The summed E-state index contributed by atoms with van der Waals surface area (Å²) >= 11 is 12.9. The number of hydrogen-bond acceptors (Lipinski definition) is 5. The summed E-state index contributed by atoms with van der Waals surface area (Å²) in [4.78, 5) is 12.0. The molecule has 1 N–H and O–H groups in total. The van der Waals surface area contributed by atoms with Crippen LogP contribution in [0.15, 0.2) is 22.7 Å². The average Bonchev–Trinajstić information content (AvgIpc) is 3.47. The first-order valence-electron chi connectivity index (χ1n) is 11.2. The minimum absolute atomic E-state index is 0.111. The molecule has 8 heteroatoms. The zero-order chi connectivity index (χ0) is 22.9. The smallest absolute Gasteiger partial charge is 0.407 e. The Kier molecular flexibility index (Phi) is 7.03. The van der Waals surface area contributed by atoms with Crippen molar-refractivity contribution in [3.05, 3.63) is 39.6 Å². The molecule has 2 aliphatic rings. The van der Waals surface area contributed by atoms with Crippen LogP contribution in [0.3, 0.4) is 0 Å². The van der Waals surface area contributed by atoms with Crippen molar-refractivity contribution in [3.8, 4) is 11.3 Å². The maximum atomic E-state index is 12.0. The number of ether oxygens (including phenoxy) is 2. The molecule has 2 fully saturated rings. The van der Waals surface area contributed by atoms with Gasteiger partial charge in [0, 0.05) is 23.1 Å². The zero-order valence-corrected chi connectivity index (χ0v) is 20.3. The second kappa shape index (κ2) is 9.62. The van der Waals surface area contributed by atoms with Crippen LogP contribution in [0.25, 0.3) is 11.3 Å². The van der Waals surface area contributed by atoms with Crippen LogP contribution >= 0.6 is 23.2 Å². The Labute approximate surface area is 198 Å². The van der Waals surface area contributed by atoms with Crippen LogP contribution in [0, 0.1) is 0 Å². The topological polar surface area (TPSA) is 73.6 Å². The van der Waals surface area contributed by atoms with Crippen molar-refractivity contribution in [2.24, 2.45) is 0 Å². The summed E-state index contributed by atoms with van der Waals surface area (Å²) in [5.74, 6) is 1.28. The number of carbonyl (C=O) groups excluding carboxylic acids is 1. The number of nitrogens with zero attached hydrogens (tertiary/aromatic N) is 1. The number of halogens is 2. The van der Waals surface area contributed by atoms with Crippen LogP contribution < -0.4 is 5.32 Å². The Morgan fingerprint density at radius 1 is 1.12 bits per heavy atom. The maximum Gasteiger partial charge on any atom is 0.407 e. The van der Waals surface area contributed by atoms with E-state index in [0.29, 0.717) is 33.8 Å². The predicted molar refractivity (Wildman–Crippen MR) is 124 cm³/mol. The monoisotopic (exact) mass is 480 g/mol. The summed E-state index contributed by atoms with van der Waals surface area (Å²) in [7, 11) is 0. The highest BCUT2D eigenvalue weighted by atomic mass is 35.5. The second-order valence-electron chi connectivity index (χ2n) is 9.68. The Hall–Kier alpha value is -1.76. The molecule has 0 radical (unpaired) electrons. The standard InChI is InChI=1S/C24H30Cl2N2O4/c1-24(2,3)31-23(29)27-15-9-11-16(12-10-15)30-13-17-21(28-32-22(17)14-7-8-14)20-18(25)5-4-6-19(20)26/h4-6,14-16H,7-13H2,1-3H3,(H,27,29)/t15-,16+. The maximum absolute atomic E-state index is 12.0. The molecule has 2 aromatic rings. The highest BCUT2D eigenvalue weighted by Gasteiger charge is 2.34. The van der Waals surface area contributed by atoms with Gasteiger partial charge in [-0.3, -0.25) is 0 Å². The molecular weight excluding hydrogens is 451 g/mol. The Balaban J connectivity index is 1.38. The van der Waals surface area contributed by atoms with E-state index in [-0.39, 0.29) is 18.2 Å². The molecule has 1 aromatic heterocycles. The minimum atomic E-state index is -0.495. The van der Waals surface area contributed by atoms with Crippen LogP contribution in [-0.2, 0) is 16.1 Å². The number of alkyl carbamates (subject to hydrolysis) is 1. The predicted octanol–water partition coefficient (Wildman–Crippen LogP) is 6.88. The van der Waals surface area contributed by atoms with E-state index in [1.54, 1.807) is 12.1 Å². The third-order valence-electron chi connectivity index (χ3n) is 5.82. The van der Waals surface area contributed by atoms with Gasteiger partial charge in [0.25, 0.3) is 0 Å². The number of amides is 1. The second-order valence-corrected chi connectivity index (χ2v) is 10.5. The minimum Gasteiger partial charge on any atom is -0.444 e. The van der Waals surface area contributed by atoms with Crippen molar-refractivity contribution < 1.29 is 18.8 Å². The van der Waals surface area contributed by atoms with Gasteiger partial charge in [0.15, 0.2) is 0 Å². The molecule has 1 amide bonds. The Morgan fingerprint density at radius 2 is 1.78 bits per heavy atom.